The quantitative estimate of drug-likeness (QED) is 0.286. The molecule has 0 bridgehead atoms. The van der Waals surface area contributed by atoms with E-state index in [1.807, 2.05) is 73.1 Å². The second kappa shape index (κ2) is 12.3. The fourth-order valence-corrected chi connectivity index (χ4v) is 4.07. The number of hydrogen-bond acceptors (Lipinski definition) is 4. The predicted molar refractivity (Wildman–Crippen MR) is 153 cm³/mol. The third kappa shape index (κ3) is 7.01. The number of carbonyl (C=O) groups excluding carboxylic acids is 2. The molecule has 4 rings (SSSR count). The third-order valence-corrected chi connectivity index (χ3v) is 6.44. The third-order valence-electron chi connectivity index (χ3n) is 5.94. The monoisotopic (exact) mass is 549 g/mol. The maximum absolute atomic E-state index is 13.3. The molecule has 38 heavy (non-hydrogen) atoms. The number of rotatable bonds is 9. The number of nitrogens with one attached hydrogen (secondary N) is 1. The maximum atomic E-state index is 13.3. The number of amides is 2. The molecule has 0 fully saturated rings. The van der Waals surface area contributed by atoms with Gasteiger partial charge in [0.15, 0.2) is 0 Å². The second-order valence-corrected chi connectivity index (χ2v) is 10.1. The van der Waals surface area contributed by atoms with Gasteiger partial charge < -0.3 is 9.80 Å². The van der Waals surface area contributed by atoms with E-state index >= 15 is 0 Å². The Morgan fingerprint density at radius 3 is 2.08 bits per heavy atom. The molecule has 2 amide bonds. The number of aromatic nitrogens is 2. The van der Waals surface area contributed by atoms with Gasteiger partial charge in [-0.2, -0.15) is 0 Å². The molecule has 0 spiro atoms. The smallest absolute Gasteiger partial charge is 0.254 e. The van der Waals surface area contributed by atoms with E-state index in [1.165, 1.54) is 4.90 Å². The summed E-state index contributed by atoms with van der Waals surface area (Å²) in [4.78, 5) is 34.7. The van der Waals surface area contributed by atoms with Gasteiger partial charge in [-0.05, 0) is 69.6 Å². The van der Waals surface area contributed by atoms with Crippen molar-refractivity contribution in [1.82, 2.24) is 19.4 Å². The lowest BCUT2D eigenvalue weighted by molar-refractivity contribution is -0.117. The van der Waals surface area contributed by atoms with Gasteiger partial charge in [-0.3, -0.25) is 19.5 Å². The molecule has 3 aromatic carbocycles. The van der Waals surface area contributed by atoms with Crippen molar-refractivity contribution in [2.24, 2.45) is 0 Å². The van der Waals surface area contributed by atoms with Crippen LogP contribution in [0, 0.1) is 6.92 Å². The van der Waals surface area contributed by atoms with Crippen molar-refractivity contribution < 1.29 is 9.59 Å². The molecule has 0 radical (unpaired) electrons. The molecule has 0 aliphatic carbocycles. The van der Waals surface area contributed by atoms with Crippen LogP contribution in [0.2, 0.25) is 10.0 Å². The van der Waals surface area contributed by atoms with Gasteiger partial charge >= 0.3 is 0 Å². The summed E-state index contributed by atoms with van der Waals surface area (Å²) in [5, 5.41) is 4.09. The van der Waals surface area contributed by atoms with Crippen molar-refractivity contribution >= 4 is 41.0 Å². The van der Waals surface area contributed by atoms with E-state index in [0.717, 1.165) is 16.8 Å². The first-order valence-electron chi connectivity index (χ1n) is 12.1. The van der Waals surface area contributed by atoms with Crippen LogP contribution in [0.1, 0.15) is 15.9 Å². The van der Waals surface area contributed by atoms with Crippen molar-refractivity contribution in [3.63, 3.8) is 0 Å². The van der Waals surface area contributed by atoms with Gasteiger partial charge in [-0.25, -0.2) is 4.98 Å². The molecule has 0 aliphatic rings. The van der Waals surface area contributed by atoms with Crippen LogP contribution in [0.15, 0.2) is 79.0 Å². The summed E-state index contributed by atoms with van der Waals surface area (Å²) in [6.07, 6.45) is 1.87. The molecule has 0 atom stereocenters. The second-order valence-electron chi connectivity index (χ2n) is 9.25. The molecule has 0 aliphatic heterocycles. The van der Waals surface area contributed by atoms with Gasteiger partial charge in [0, 0.05) is 46.1 Å². The summed E-state index contributed by atoms with van der Waals surface area (Å²) < 4.78 is 1.83. The van der Waals surface area contributed by atoms with Crippen LogP contribution in [-0.4, -0.2) is 64.9 Å². The van der Waals surface area contributed by atoms with Crippen molar-refractivity contribution in [3.05, 3.63) is 100 Å². The number of anilines is 1. The van der Waals surface area contributed by atoms with Crippen LogP contribution in [0.3, 0.4) is 0 Å². The Kier molecular flexibility index (Phi) is 8.84. The van der Waals surface area contributed by atoms with Gasteiger partial charge in [0.25, 0.3) is 5.91 Å². The van der Waals surface area contributed by atoms with Crippen molar-refractivity contribution in [1.29, 1.82) is 0 Å². The number of halogens is 2. The fraction of sp³-hybridized carbons (Fsp3) is 0.207. The van der Waals surface area contributed by atoms with E-state index in [1.54, 1.807) is 36.4 Å². The average Bonchev–Trinajstić information content (AvgIpc) is 3.30. The van der Waals surface area contributed by atoms with Gasteiger partial charge in [0.2, 0.25) is 11.9 Å². The lowest BCUT2D eigenvalue weighted by Crippen LogP contribution is -2.41. The zero-order valence-electron chi connectivity index (χ0n) is 21.5. The summed E-state index contributed by atoms with van der Waals surface area (Å²) in [6, 6.07) is 21.9. The first-order valence-corrected chi connectivity index (χ1v) is 12.9. The largest absolute Gasteiger partial charge is 0.328 e. The fourth-order valence-electron chi connectivity index (χ4n) is 3.82. The standard InChI is InChI=1S/C29H29Cl2N5O2/c1-20-4-14-25(15-5-20)36-18-26(21-6-10-23(30)11-7-21)32-29(36)33-27(37)19-35(17-16-34(2)3)28(38)22-8-12-24(31)13-9-22/h4-15,18H,16-17,19H2,1-3H3,(H,32,33,37). The summed E-state index contributed by atoms with van der Waals surface area (Å²) in [6.45, 7) is 2.86. The zero-order valence-corrected chi connectivity index (χ0v) is 23.0. The first kappa shape index (κ1) is 27.4. The van der Waals surface area contributed by atoms with Crippen LogP contribution < -0.4 is 5.32 Å². The highest BCUT2D eigenvalue weighted by Gasteiger charge is 2.21. The van der Waals surface area contributed by atoms with E-state index in [4.69, 9.17) is 28.2 Å². The molecule has 0 saturated carbocycles. The minimum absolute atomic E-state index is 0.133. The van der Waals surface area contributed by atoms with Crippen LogP contribution in [0.4, 0.5) is 5.95 Å². The number of hydrogen-bond donors (Lipinski definition) is 1. The molecule has 7 nitrogen and oxygen atoms in total. The highest BCUT2D eigenvalue weighted by atomic mass is 35.5. The number of carbonyl (C=O) groups is 2. The highest BCUT2D eigenvalue weighted by Crippen LogP contribution is 2.26. The molecular weight excluding hydrogens is 521 g/mol. The van der Waals surface area contributed by atoms with E-state index in [2.05, 4.69) is 5.32 Å². The molecule has 1 aromatic heterocycles. The Morgan fingerprint density at radius 1 is 0.868 bits per heavy atom. The molecule has 4 aromatic rings. The summed E-state index contributed by atoms with van der Waals surface area (Å²) >= 11 is 12.1. The number of aryl methyl sites for hydroxylation is 1. The summed E-state index contributed by atoms with van der Waals surface area (Å²) in [5.41, 5.74) is 3.97. The Hall–Kier alpha value is -3.65. The number of benzene rings is 3. The molecule has 9 heteroatoms. The normalized spacial score (nSPS) is 11.0. The predicted octanol–water partition coefficient (Wildman–Crippen LogP) is 5.80. The van der Waals surface area contributed by atoms with Gasteiger partial charge in [-0.15, -0.1) is 0 Å². The first-order chi connectivity index (χ1) is 18.2. The van der Waals surface area contributed by atoms with Crippen LogP contribution >= 0.6 is 23.2 Å². The minimum Gasteiger partial charge on any atom is -0.328 e. The Bertz CT molecular complexity index is 1400. The molecule has 0 unspecified atom stereocenters. The Labute approximate surface area is 232 Å². The van der Waals surface area contributed by atoms with Gasteiger partial charge in [0.1, 0.15) is 6.54 Å². The molecule has 0 saturated heterocycles. The number of nitrogens with zero attached hydrogens (tertiary/aromatic N) is 4. The average molecular weight is 550 g/mol. The summed E-state index contributed by atoms with van der Waals surface area (Å²) in [5.74, 6) is -0.245. The van der Waals surface area contributed by atoms with E-state index < -0.39 is 0 Å². The van der Waals surface area contributed by atoms with Crippen molar-refractivity contribution in [2.75, 3.05) is 39.0 Å². The maximum Gasteiger partial charge on any atom is 0.254 e. The molecule has 1 N–H and O–H groups in total. The Balaban J connectivity index is 1.60. The van der Waals surface area contributed by atoms with Crippen molar-refractivity contribution in [3.8, 4) is 16.9 Å². The van der Waals surface area contributed by atoms with Crippen LogP contribution in [0.5, 0.6) is 0 Å². The van der Waals surface area contributed by atoms with Crippen molar-refractivity contribution in [2.45, 2.75) is 6.92 Å². The topological polar surface area (TPSA) is 70.5 Å². The van der Waals surface area contributed by atoms with Gasteiger partial charge in [0.05, 0.1) is 5.69 Å². The zero-order chi connectivity index (χ0) is 27.2. The lowest BCUT2D eigenvalue weighted by Gasteiger charge is -2.24. The van der Waals surface area contributed by atoms with E-state index in [0.29, 0.717) is 40.3 Å². The lowest BCUT2D eigenvalue weighted by atomic mass is 10.2. The SMILES string of the molecule is Cc1ccc(-n2cc(-c3ccc(Cl)cc3)nc2NC(=O)CN(CCN(C)C)C(=O)c2ccc(Cl)cc2)cc1. The Morgan fingerprint density at radius 2 is 1.47 bits per heavy atom. The van der Waals surface area contributed by atoms with E-state index in [9.17, 15) is 9.59 Å². The number of likely N-dealkylation sites (N-methyl/N-ethyl adjacent to an activating group) is 1. The van der Waals surface area contributed by atoms with Crippen LogP contribution in [-0.2, 0) is 4.79 Å². The number of imidazole rings is 1. The molecule has 196 valence electrons. The van der Waals surface area contributed by atoms with E-state index in [-0.39, 0.29) is 18.4 Å². The molecular formula is C29H29Cl2N5O2. The van der Waals surface area contributed by atoms with Crippen LogP contribution in [0.25, 0.3) is 16.9 Å². The highest BCUT2D eigenvalue weighted by molar-refractivity contribution is 6.31. The summed E-state index contributed by atoms with van der Waals surface area (Å²) in [7, 11) is 3.84. The molecule has 1 heterocycles. The van der Waals surface area contributed by atoms with Gasteiger partial charge in [-0.1, -0.05) is 53.0 Å². The minimum atomic E-state index is -0.354.